The Kier molecular flexibility index (Phi) is 7.23. The molecule has 34 heavy (non-hydrogen) atoms. The van der Waals surface area contributed by atoms with Crippen molar-refractivity contribution < 1.29 is 13.9 Å². The molecule has 4 rings (SSSR count). The molecule has 0 saturated heterocycles. The van der Waals surface area contributed by atoms with Crippen LogP contribution in [0.4, 0.5) is 0 Å². The molecule has 174 valence electrons. The minimum Gasteiger partial charge on any atom is -0.494 e. The van der Waals surface area contributed by atoms with Crippen molar-refractivity contribution in [2.24, 2.45) is 0 Å². The molecule has 0 atom stereocenters. The zero-order chi connectivity index (χ0) is 24.1. The van der Waals surface area contributed by atoms with Crippen molar-refractivity contribution in [1.82, 2.24) is 15.6 Å². The molecular formula is C27H27N3O3S. The molecular weight excluding hydrogens is 446 g/mol. The van der Waals surface area contributed by atoms with Crippen LogP contribution < -0.4 is 15.4 Å². The Hall–Kier alpha value is -3.71. The lowest BCUT2D eigenvalue weighted by Gasteiger charge is -2.11. The van der Waals surface area contributed by atoms with Gasteiger partial charge in [0.1, 0.15) is 11.3 Å². The zero-order valence-corrected chi connectivity index (χ0v) is 20.2. The van der Waals surface area contributed by atoms with Gasteiger partial charge in [0, 0.05) is 17.7 Å². The number of benzene rings is 3. The van der Waals surface area contributed by atoms with E-state index in [0.29, 0.717) is 36.3 Å². The van der Waals surface area contributed by atoms with Crippen LogP contribution in [0.5, 0.6) is 5.75 Å². The van der Waals surface area contributed by atoms with Crippen LogP contribution >= 0.6 is 12.2 Å². The highest BCUT2D eigenvalue weighted by molar-refractivity contribution is 7.80. The molecule has 0 fully saturated rings. The van der Waals surface area contributed by atoms with Gasteiger partial charge in [-0.3, -0.25) is 10.1 Å². The van der Waals surface area contributed by atoms with E-state index in [1.165, 1.54) is 5.56 Å². The maximum Gasteiger partial charge on any atom is 0.257 e. The van der Waals surface area contributed by atoms with Crippen LogP contribution in [0.2, 0.25) is 0 Å². The molecule has 0 aliphatic carbocycles. The molecule has 0 aliphatic rings. The SMILES string of the molecule is CCOc1cccc(C(=O)NC(=S)NCc2ccc(-c3nc4cc(C(C)C)ccc4o3)cc2)c1. The second kappa shape index (κ2) is 10.5. The summed E-state index contributed by atoms with van der Waals surface area (Å²) in [5, 5.41) is 6.03. The minimum atomic E-state index is -0.286. The molecule has 0 bridgehead atoms. The Balaban J connectivity index is 1.35. The lowest BCUT2D eigenvalue weighted by atomic mass is 10.0. The summed E-state index contributed by atoms with van der Waals surface area (Å²) < 4.78 is 11.4. The fraction of sp³-hybridized carbons (Fsp3) is 0.222. The zero-order valence-electron chi connectivity index (χ0n) is 19.4. The lowest BCUT2D eigenvalue weighted by Crippen LogP contribution is -2.38. The third-order valence-electron chi connectivity index (χ3n) is 5.37. The largest absolute Gasteiger partial charge is 0.494 e. The standard InChI is InChI=1S/C27H27N3O3S/c1-4-32-22-7-5-6-21(14-22)25(31)30-27(34)28-16-18-8-10-19(11-9-18)26-29-23-15-20(17(2)3)12-13-24(23)33-26/h5-15,17H,4,16H2,1-3H3,(H2,28,30,31,34). The molecule has 1 heterocycles. The first-order valence-corrected chi connectivity index (χ1v) is 11.7. The molecule has 0 unspecified atom stereocenters. The van der Waals surface area contributed by atoms with Crippen LogP contribution in [0.3, 0.4) is 0 Å². The second-order valence-corrected chi connectivity index (χ2v) is 8.60. The first-order valence-electron chi connectivity index (χ1n) is 11.2. The van der Waals surface area contributed by atoms with Crippen molar-refractivity contribution in [2.75, 3.05) is 6.61 Å². The Bertz CT molecular complexity index is 1310. The highest BCUT2D eigenvalue weighted by Crippen LogP contribution is 2.27. The summed E-state index contributed by atoms with van der Waals surface area (Å²) in [7, 11) is 0. The molecule has 3 aromatic carbocycles. The smallest absolute Gasteiger partial charge is 0.257 e. The van der Waals surface area contributed by atoms with E-state index in [9.17, 15) is 4.79 Å². The van der Waals surface area contributed by atoms with E-state index < -0.39 is 0 Å². The molecule has 1 aromatic heterocycles. The highest BCUT2D eigenvalue weighted by Gasteiger charge is 2.11. The normalized spacial score (nSPS) is 10.9. The number of aromatic nitrogens is 1. The Morgan fingerprint density at radius 2 is 1.88 bits per heavy atom. The fourth-order valence-corrected chi connectivity index (χ4v) is 3.65. The number of thiocarbonyl (C=S) groups is 1. The molecule has 4 aromatic rings. The van der Waals surface area contributed by atoms with Gasteiger partial charge in [0.25, 0.3) is 5.91 Å². The van der Waals surface area contributed by atoms with Gasteiger partial charge in [0.2, 0.25) is 5.89 Å². The number of rotatable bonds is 7. The van der Waals surface area contributed by atoms with Crippen LogP contribution in [0, 0.1) is 0 Å². The number of nitrogens with zero attached hydrogens (tertiary/aromatic N) is 1. The lowest BCUT2D eigenvalue weighted by molar-refractivity contribution is 0.0976. The van der Waals surface area contributed by atoms with Crippen LogP contribution in [0.1, 0.15) is 48.2 Å². The van der Waals surface area contributed by atoms with Gasteiger partial charge >= 0.3 is 0 Å². The number of hydrogen-bond acceptors (Lipinski definition) is 5. The van der Waals surface area contributed by atoms with Crippen molar-refractivity contribution in [3.05, 3.63) is 83.4 Å². The van der Waals surface area contributed by atoms with Gasteiger partial charge in [-0.2, -0.15) is 0 Å². The molecule has 7 heteroatoms. The summed E-state index contributed by atoms with van der Waals surface area (Å²) in [5.41, 5.74) is 5.27. The number of fused-ring (bicyclic) bond motifs is 1. The number of ether oxygens (including phenoxy) is 1. The number of carbonyl (C=O) groups is 1. The van der Waals surface area contributed by atoms with E-state index in [4.69, 9.17) is 21.4 Å². The number of oxazole rings is 1. The van der Waals surface area contributed by atoms with E-state index in [1.54, 1.807) is 18.2 Å². The Morgan fingerprint density at radius 1 is 1.09 bits per heavy atom. The van der Waals surface area contributed by atoms with Gasteiger partial charge < -0.3 is 14.5 Å². The average Bonchev–Trinajstić information content (AvgIpc) is 3.27. The molecule has 0 spiro atoms. The van der Waals surface area contributed by atoms with Crippen molar-refractivity contribution in [1.29, 1.82) is 0 Å². The maximum absolute atomic E-state index is 12.4. The predicted octanol–water partition coefficient (Wildman–Crippen LogP) is 5.82. The van der Waals surface area contributed by atoms with E-state index >= 15 is 0 Å². The summed E-state index contributed by atoms with van der Waals surface area (Å²) in [6, 6.07) is 21.0. The second-order valence-electron chi connectivity index (χ2n) is 8.20. The van der Waals surface area contributed by atoms with Gasteiger partial charge in [-0.1, -0.05) is 38.1 Å². The monoisotopic (exact) mass is 473 g/mol. The number of nitrogens with one attached hydrogen (secondary N) is 2. The van der Waals surface area contributed by atoms with Gasteiger partial charge in [-0.15, -0.1) is 0 Å². The maximum atomic E-state index is 12.4. The molecule has 1 amide bonds. The minimum absolute atomic E-state index is 0.260. The average molecular weight is 474 g/mol. The topological polar surface area (TPSA) is 76.4 Å². The van der Waals surface area contributed by atoms with Crippen molar-refractivity contribution in [3.63, 3.8) is 0 Å². The Labute approximate surface area is 204 Å². The number of amides is 1. The summed E-state index contributed by atoms with van der Waals surface area (Å²) in [6.45, 7) is 7.23. The van der Waals surface area contributed by atoms with Gasteiger partial charge in [0.15, 0.2) is 10.7 Å². The Morgan fingerprint density at radius 3 is 2.62 bits per heavy atom. The fourth-order valence-electron chi connectivity index (χ4n) is 3.49. The summed E-state index contributed by atoms with van der Waals surface area (Å²) in [4.78, 5) is 17.1. The first kappa shape index (κ1) is 23.4. The van der Waals surface area contributed by atoms with E-state index in [0.717, 1.165) is 22.2 Å². The van der Waals surface area contributed by atoms with Gasteiger partial charge in [-0.25, -0.2) is 4.98 Å². The van der Waals surface area contributed by atoms with Crippen molar-refractivity contribution in [3.8, 4) is 17.2 Å². The van der Waals surface area contributed by atoms with Crippen LogP contribution in [-0.4, -0.2) is 22.6 Å². The molecule has 2 N–H and O–H groups in total. The highest BCUT2D eigenvalue weighted by atomic mass is 32.1. The summed E-state index contributed by atoms with van der Waals surface area (Å²) >= 11 is 5.28. The third kappa shape index (κ3) is 5.61. The van der Waals surface area contributed by atoms with Crippen LogP contribution in [-0.2, 0) is 6.54 Å². The van der Waals surface area contributed by atoms with E-state index in [-0.39, 0.29) is 11.0 Å². The van der Waals surface area contributed by atoms with E-state index in [2.05, 4.69) is 41.6 Å². The van der Waals surface area contributed by atoms with Gasteiger partial charge in [-0.05, 0) is 78.7 Å². The number of hydrogen-bond donors (Lipinski definition) is 2. The summed E-state index contributed by atoms with van der Waals surface area (Å²) in [6.07, 6.45) is 0. The molecule has 6 nitrogen and oxygen atoms in total. The third-order valence-corrected chi connectivity index (χ3v) is 5.61. The van der Waals surface area contributed by atoms with Crippen LogP contribution in [0.25, 0.3) is 22.6 Å². The molecule has 0 radical (unpaired) electrons. The summed E-state index contributed by atoms with van der Waals surface area (Å²) in [5.74, 6) is 1.39. The van der Waals surface area contributed by atoms with E-state index in [1.807, 2.05) is 43.3 Å². The predicted molar refractivity (Wildman–Crippen MR) is 138 cm³/mol. The van der Waals surface area contributed by atoms with Crippen molar-refractivity contribution in [2.45, 2.75) is 33.2 Å². The number of carbonyl (C=O) groups excluding carboxylic acids is 1. The molecule has 0 saturated carbocycles. The van der Waals surface area contributed by atoms with Crippen molar-refractivity contribution >= 4 is 34.3 Å². The first-order chi connectivity index (χ1) is 16.4. The van der Waals surface area contributed by atoms with Crippen LogP contribution in [0.15, 0.2) is 71.1 Å². The molecule has 0 aliphatic heterocycles. The quantitative estimate of drug-likeness (QED) is 0.329. The van der Waals surface area contributed by atoms with Gasteiger partial charge in [0.05, 0.1) is 6.61 Å².